The number of carbonyl (C=O) groups is 1. The summed E-state index contributed by atoms with van der Waals surface area (Å²) in [5.74, 6) is -0.439. The van der Waals surface area contributed by atoms with E-state index >= 15 is 0 Å². The minimum absolute atomic E-state index is 0.119. The van der Waals surface area contributed by atoms with E-state index in [1.54, 1.807) is 11.8 Å². The summed E-state index contributed by atoms with van der Waals surface area (Å²) < 4.78 is 12.7. The number of nitrogens with zero attached hydrogens (tertiary/aromatic N) is 2. The summed E-state index contributed by atoms with van der Waals surface area (Å²) >= 11 is 0. The molecule has 1 aliphatic heterocycles. The summed E-state index contributed by atoms with van der Waals surface area (Å²) in [4.78, 5) is 17.3. The van der Waals surface area contributed by atoms with Gasteiger partial charge in [0.25, 0.3) is 5.91 Å². The van der Waals surface area contributed by atoms with Crippen LogP contribution in [0.2, 0.25) is 0 Å². The highest BCUT2D eigenvalue weighted by Gasteiger charge is 2.26. The number of halogens is 1. The fraction of sp³-hybridized carbons (Fsp3) is 0.538. The Morgan fingerprint density at radius 1 is 1.50 bits per heavy atom. The summed E-state index contributed by atoms with van der Waals surface area (Å²) in [5, 5.41) is 9.49. The number of piperidine rings is 1. The van der Waals surface area contributed by atoms with Crippen molar-refractivity contribution in [1.82, 2.24) is 9.88 Å². The van der Waals surface area contributed by atoms with Crippen molar-refractivity contribution in [1.29, 1.82) is 0 Å². The highest BCUT2D eigenvalue weighted by Crippen LogP contribution is 2.21. The van der Waals surface area contributed by atoms with E-state index in [-0.39, 0.29) is 17.9 Å². The van der Waals surface area contributed by atoms with Gasteiger partial charge in [-0.25, -0.2) is 4.98 Å². The zero-order chi connectivity index (χ0) is 13.1. The van der Waals surface area contributed by atoms with Crippen LogP contribution in [0.1, 0.15) is 30.1 Å². The molecular formula is C13H17FN2O2. The van der Waals surface area contributed by atoms with Crippen LogP contribution in [0.3, 0.4) is 0 Å². The Labute approximate surface area is 105 Å². The number of aliphatic hydroxyl groups is 1. The molecule has 1 aliphatic rings. The predicted molar refractivity (Wildman–Crippen MR) is 64.5 cm³/mol. The van der Waals surface area contributed by atoms with E-state index < -0.39 is 5.95 Å². The average Bonchev–Trinajstić information content (AvgIpc) is 2.39. The Hall–Kier alpha value is -1.49. The van der Waals surface area contributed by atoms with Gasteiger partial charge in [0.2, 0.25) is 5.95 Å². The zero-order valence-electron chi connectivity index (χ0n) is 10.3. The molecule has 0 spiro atoms. The third kappa shape index (κ3) is 2.85. The number of hydrogen-bond acceptors (Lipinski definition) is 3. The van der Waals surface area contributed by atoms with E-state index in [1.165, 1.54) is 18.3 Å². The smallest absolute Gasteiger partial charge is 0.255 e. The summed E-state index contributed by atoms with van der Waals surface area (Å²) in [7, 11) is 0. The summed E-state index contributed by atoms with van der Waals surface area (Å²) in [5.41, 5.74) is 0.409. The molecule has 2 rings (SSSR count). The monoisotopic (exact) mass is 252 g/mol. The van der Waals surface area contributed by atoms with Crippen molar-refractivity contribution in [2.24, 2.45) is 5.92 Å². The number of aromatic nitrogens is 1. The number of aliphatic hydroxyl groups excluding tert-OH is 1. The maximum Gasteiger partial charge on any atom is 0.255 e. The van der Waals surface area contributed by atoms with Crippen LogP contribution in [0.15, 0.2) is 18.3 Å². The lowest BCUT2D eigenvalue weighted by Crippen LogP contribution is -2.40. The van der Waals surface area contributed by atoms with Crippen LogP contribution in [0.4, 0.5) is 4.39 Å². The molecule has 98 valence electrons. The van der Waals surface area contributed by atoms with Gasteiger partial charge in [-0.2, -0.15) is 4.39 Å². The fourth-order valence-electron chi connectivity index (χ4n) is 2.27. The molecule has 1 saturated heterocycles. The maximum atomic E-state index is 12.7. The maximum absolute atomic E-state index is 12.7. The van der Waals surface area contributed by atoms with E-state index in [9.17, 15) is 14.3 Å². The van der Waals surface area contributed by atoms with Crippen LogP contribution >= 0.6 is 0 Å². The minimum atomic E-state index is -0.584. The van der Waals surface area contributed by atoms with Crippen LogP contribution in [0.25, 0.3) is 0 Å². The van der Waals surface area contributed by atoms with Crippen LogP contribution in [0, 0.1) is 11.9 Å². The summed E-state index contributed by atoms with van der Waals surface area (Å²) in [6, 6.07) is 2.64. The summed E-state index contributed by atoms with van der Waals surface area (Å²) in [6.45, 7) is 3.05. The Morgan fingerprint density at radius 2 is 2.17 bits per heavy atom. The van der Waals surface area contributed by atoms with E-state index in [2.05, 4.69) is 4.98 Å². The molecule has 1 unspecified atom stereocenters. The van der Waals surface area contributed by atoms with Crippen LogP contribution < -0.4 is 0 Å². The third-order valence-corrected chi connectivity index (χ3v) is 3.48. The fourth-order valence-corrected chi connectivity index (χ4v) is 2.27. The molecule has 1 fully saturated rings. The van der Waals surface area contributed by atoms with Crippen LogP contribution in [-0.4, -0.2) is 40.1 Å². The molecule has 0 saturated carbocycles. The average molecular weight is 252 g/mol. The molecular weight excluding hydrogens is 235 g/mol. The van der Waals surface area contributed by atoms with Gasteiger partial charge in [0.15, 0.2) is 0 Å². The van der Waals surface area contributed by atoms with Crippen LogP contribution in [-0.2, 0) is 0 Å². The molecule has 5 heteroatoms. The second-order valence-corrected chi connectivity index (χ2v) is 4.74. The highest BCUT2D eigenvalue weighted by atomic mass is 19.1. The molecule has 1 N–H and O–H groups in total. The lowest BCUT2D eigenvalue weighted by Gasteiger charge is -2.33. The molecule has 4 nitrogen and oxygen atoms in total. The first-order chi connectivity index (χ1) is 8.58. The van der Waals surface area contributed by atoms with Gasteiger partial charge < -0.3 is 10.0 Å². The van der Waals surface area contributed by atoms with Gasteiger partial charge >= 0.3 is 0 Å². The molecule has 0 radical (unpaired) electrons. The van der Waals surface area contributed by atoms with Crippen molar-refractivity contribution < 1.29 is 14.3 Å². The molecule has 1 aromatic rings. The second-order valence-electron chi connectivity index (χ2n) is 4.74. The first-order valence-corrected chi connectivity index (χ1v) is 6.17. The van der Waals surface area contributed by atoms with Gasteiger partial charge in [-0.15, -0.1) is 0 Å². The topological polar surface area (TPSA) is 53.4 Å². The molecule has 1 amide bonds. The van der Waals surface area contributed by atoms with E-state index in [0.717, 1.165) is 12.8 Å². The zero-order valence-corrected chi connectivity index (χ0v) is 10.3. The lowest BCUT2D eigenvalue weighted by molar-refractivity contribution is 0.0521. The normalized spacial score (nSPS) is 18.7. The van der Waals surface area contributed by atoms with Gasteiger partial charge in [-0.05, 0) is 37.8 Å². The van der Waals surface area contributed by atoms with E-state index in [0.29, 0.717) is 18.7 Å². The third-order valence-electron chi connectivity index (χ3n) is 3.48. The first-order valence-electron chi connectivity index (χ1n) is 6.17. The minimum Gasteiger partial charge on any atom is -0.393 e. The molecule has 1 aromatic heterocycles. The van der Waals surface area contributed by atoms with Crippen molar-refractivity contribution in [2.45, 2.75) is 25.9 Å². The largest absolute Gasteiger partial charge is 0.393 e. The van der Waals surface area contributed by atoms with Crippen molar-refractivity contribution in [3.63, 3.8) is 0 Å². The van der Waals surface area contributed by atoms with Gasteiger partial charge in [-0.3, -0.25) is 4.79 Å². The number of amides is 1. The van der Waals surface area contributed by atoms with E-state index in [1.807, 2.05) is 0 Å². The lowest BCUT2D eigenvalue weighted by atomic mass is 9.92. The molecule has 0 bridgehead atoms. The van der Waals surface area contributed by atoms with Crippen molar-refractivity contribution in [3.8, 4) is 0 Å². The number of likely N-dealkylation sites (tertiary alicyclic amines) is 1. The quantitative estimate of drug-likeness (QED) is 0.811. The Balaban J connectivity index is 1.97. The van der Waals surface area contributed by atoms with Gasteiger partial charge in [0.05, 0.1) is 11.7 Å². The number of pyridine rings is 1. The first kappa shape index (κ1) is 13.0. The number of hydrogen-bond donors (Lipinski definition) is 1. The van der Waals surface area contributed by atoms with Crippen molar-refractivity contribution >= 4 is 5.91 Å². The molecule has 1 atom stereocenters. The standard InChI is InChI=1S/C13H17FN2O2/c1-9(17)10-4-6-16(7-5-10)13(18)11-2-3-12(14)15-8-11/h2-3,8-10,17H,4-7H2,1H3. The molecule has 0 aliphatic carbocycles. The number of carbonyl (C=O) groups excluding carboxylic acids is 1. The molecule has 2 heterocycles. The Kier molecular flexibility index (Phi) is 3.91. The van der Waals surface area contributed by atoms with Crippen molar-refractivity contribution in [2.75, 3.05) is 13.1 Å². The highest BCUT2D eigenvalue weighted by molar-refractivity contribution is 5.93. The van der Waals surface area contributed by atoms with E-state index in [4.69, 9.17) is 0 Å². The predicted octanol–water partition coefficient (Wildman–Crippen LogP) is 1.45. The van der Waals surface area contributed by atoms with Gasteiger partial charge in [-0.1, -0.05) is 0 Å². The van der Waals surface area contributed by atoms with Crippen molar-refractivity contribution in [3.05, 3.63) is 29.8 Å². The Bertz CT molecular complexity index is 412. The molecule has 0 aromatic carbocycles. The Morgan fingerprint density at radius 3 is 2.67 bits per heavy atom. The summed E-state index contributed by atoms with van der Waals surface area (Å²) in [6.07, 6.45) is 2.55. The molecule has 18 heavy (non-hydrogen) atoms. The SMILES string of the molecule is CC(O)C1CCN(C(=O)c2ccc(F)nc2)CC1. The number of rotatable bonds is 2. The van der Waals surface area contributed by atoms with Gasteiger partial charge in [0, 0.05) is 19.3 Å². The van der Waals surface area contributed by atoms with Crippen LogP contribution in [0.5, 0.6) is 0 Å². The van der Waals surface area contributed by atoms with Gasteiger partial charge in [0.1, 0.15) is 0 Å². The second kappa shape index (κ2) is 5.44.